The van der Waals surface area contributed by atoms with Crippen molar-refractivity contribution in [3.8, 4) is 5.75 Å². The summed E-state index contributed by atoms with van der Waals surface area (Å²) in [5.74, 6) is 1.62. The number of aliphatic imine (C=N–C) groups is 1. The van der Waals surface area contributed by atoms with Crippen LogP contribution in [0.4, 0.5) is 5.69 Å². The van der Waals surface area contributed by atoms with Crippen LogP contribution < -0.4 is 10.2 Å². The summed E-state index contributed by atoms with van der Waals surface area (Å²) < 4.78 is 7.54. The van der Waals surface area contributed by atoms with Crippen molar-refractivity contribution in [1.29, 1.82) is 0 Å². The molecule has 0 saturated carbocycles. The van der Waals surface area contributed by atoms with Crippen molar-refractivity contribution in [3.63, 3.8) is 0 Å². The first kappa shape index (κ1) is 18.8. The van der Waals surface area contributed by atoms with Crippen LogP contribution in [0.2, 0.25) is 0 Å². The van der Waals surface area contributed by atoms with Gasteiger partial charge in [-0.05, 0) is 55.6 Å². The maximum absolute atomic E-state index is 5.19. The maximum Gasteiger partial charge on any atom is 0.182 e. The molecule has 1 aromatic carbocycles. The highest BCUT2D eigenvalue weighted by Crippen LogP contribution is 2.24. The molecule has 1 aliphatic rings. The van der Waals surface area contributed by atoms with E-state index in [-0.39, 0.29) is 0 Å². The van der Waals surface area contributed by atoms with E-state index >= 15 is 0 Å². The Bertz CT molecular complexity index is 1020. The zero-order chi connectivity index (χ0) is 19.5. The number of aromatic nitrogens is 1. The highest BCUT2D eigenvalue weighted by atomic mass is 32.2. The first-order valence-electron chi connectivity index (χ1n) is 9.01. The number of hydrazone groups is 1. The zero-order valence-electron chi connectivity index (χ0n) is 16.1. The first-order valence-corrected chi connectivity index (χ1v) is 10.9. The van der Waals surface area contributed by atoms with Gasteiger partial charge >= 0.3 is 0 Å². The van der Waals surface area contributed by atoms with Crippen LogP contribution in [0.1, 0.15) is 21.8 Å². The van der Waals surface area contributed by atoms with E-state index in [1.807, 2.05) is 24.3 Å². The molecule has 0 spiro atoms. The fourth-order valence-corrected chi connectivity index (χ4v) is 4.65. The molecular formula is C21H22N4OS2. The van der Waals surface area contributed by atoms with Crippen molar-refractivity contribution in [3.05, 3.63) is 69.7 Å². The molecule has 0 radical (unpaired) electrons. The predicted molar refractivity (Wildman–Crippen MR) is 120 cm³/mol. The summed E-state index contributed by atoms with van der Waals surface area (Å²) in [6.07, 6.45) is 0. The van der Waals surface area contributed by atoms with Gasteiger partial charge in [0.1, 0.15) is 5.75 Å². The average Bonchev–Trinajstić information content (AvgIpc) is 3.33. The number of hydrogen-bond donors (Lipinski definition) is 1. The molecule has 3 heterocycles. The van der Waals surface area contributed by atoms with Crippen LogP contribution in [0.15, 0.2) is 57.9 Å². The Morgan fingerprint density at radius 1 is 1.21 bits per heavy atom. The summed E-state index contributed by atoms with van der Waals surface area (Å²) >= 11 is 3.46. The van der Waals surface area contributed by atoms with Gasteiger partial charge in [0.25, 0.3) is 0 Å². The maximum atomic E-state index is 5.19. The first-order chi connectivity index (χ1) is 13.6. The third-order valence-electron chi connectivity index (χ3n) is 4.71. The number of ether oxygens (including phenoxy) is 1. The normalized spacial score (nSPS) is 15.4. The van der Waals surface area contributed by atoms with Crippen molar-refractivity contribution < 1.29 is 4.74 Å². The average molecular weight is 411 g/mol. The fourth-order valence-electron chi connectivity index (χ4n) is 3.18. The topological polar surface area (TPSA) is 50.9 Å². The van der Waals surface area contributed by atoms with E-state index in [4.69, 9.17) is 4.74 Å². The predicted octanol–water partition coefficient (Wildman–Crippen LogP) is 4.95. The third kappa shape index (κ3) is 4.00. The van der Waals surface area contributed by atoms with E-state index in [9.17, 15) is 0 Å². The number of rotatable bonds is 5. The van der Waals surface area contributed by atoms with Gasteiger partial charge in [0, 0.05) is 27.6 Å². The Morgan fingerprint density at radius 3 is 2.68 bits per heavy atom. The van der Waals surface area contributed by atoms with Gasteiger partial charge < -0.3 is 9.30 Å². The van der Waals surface area contributed by atoms with E-state index in [1.54, 1.807) is 30.2 Å². The summed E-state index contributed by atoms with van der Waals surface area (Å²) in [7, 11) is 1.66. The van der Waals surface area contributed by atoms with Gasteiger partial charge in [-0.15, -0.1) is 11.3 Å². The van der Waals surface area contributed by atoms with Crippen LogP contribution in [-0.2, 0) is 6.54 Å². The van der Waals surface area contributed by atoms with E-state index in [1.165, 1.54) is 21.8 Å². The van der Waals surface area contributed by atoms with Crippen molar-refractivity contribution >= 4 is 39.7 Å². The Kier molecular flexibility index (Phi) is 5.54. The summed E-state index contributed by atoms with van der Waals surface area (Å²) in [6, 6.07) is 14.2. The van der Waals surface area contributed by atoms with Crippen LogP contribution in [0.5, 0.6) is 5.75 Å². The molecule has 0 unspecified atom stereocenters. The smallest absolute Gasteiger partial charge is 0.182 e. The zero-order valence-corrected chi connectivity index (χ0v) is 17.7. The third-order valence-corrected chi connectivity index (χ3v) is 6.45. The number of methoxy groups -OCH3 is 1. The molecule has 1 aliphatic heterocycles. The number of nitrogens with zero attached hydrogens (tertiary/aromatic N) is 3. The second-order valence-corrected chi connectivity index (χ2v) is 8.52. The second kappa shape index (κ2) is 8.24. The van der Waals surface area contributed by atoms with Gasteiger partial charge in [0.15, 0.2) is 5.17 Å². The minimum Gasteiger partial charge on any atom is -0.497 e. The standard InChI is InChI=1S/C21H22N4OS2/c1-14-11-19(15(2)25(14)12-18-5-4-10-27-18)20-13-28-21(24-23-20)22-16-6-8-17(26-3)9-7-16/h4-11H,12-13H2,1-3H3,(H,22,24). The Balaban J connectivity index is 1.51. The van der Waals surface area contributed by atoms with E-state index in [2.05, 4.69) is 57.5 Å². The molecule has 0 bridgehead atoms. The molecule has 0 amide bonds. The number of hydrogen-bond acceptors (Lipinski definition) is 5. The second-order valence-electron chi connectivity index (χ2n) is 6.52. The minimum atomic E-state index is 0.797. The van der Waals surface area contributed by atoms with Crippen LogP contribution in [0.3, 0.4) is 0 Å². The number of amidine groups is 1. The number of nitrogens with one attached hydrogen (secondary N) is 1. The Hall–Kier alpha value is -2.51. The lowest BCUT2D eigenvalue weighted by atomic mass is 10.1. The lowest BCUT2D eigenvalue weighted by Gasteiger charge is -2.15. The Morgan fingerprint density at radius 2 is 2.04 bits per heavy atom. The molecule has 7 heteroatoms. The highest BCUT2D eigenvalue weighted by Gasteiger charge is 2.19. The van der Waals surface area contributed by atoms with Crippen LogP contribution in [0, 0.1) is 13.8 Å². The van der Waals surface area contributed by atoms with Crippen molar-refractivity contribution in [1.82, 2.24) is 9.99 Å². The van der Waals surface area contributed by atoms with E-state index in [0.29, 0.717) is 0 Å². The van der Waals surface area contributed by atoms with Crippen LogP contribution in [-0.4, -0.2) is 28.3 Å². The molecule has 3 aromatic rings. The largest absolute Gasteiger partial charge is 0.497 e. The summed E-state index contributed by atoms with van der Waals surface area (Å²) in [4.78, 5) is 5.98. The number of thiophene rings is 1. The number of aryl methyl sites for hydroxylation is 1. The molecule has 28 heavy (non-hydrogen) atoms. The molecule has 144 valence electrons. The molecule has 0 fully saturated rings. The Labute approximate surface area is 173 Å². The SMILES string of the molecule is COc1ccc(N=C2NN=C(c3cc(C)n(Cc4cccs4)c3C)CS2)cc1. The van der Waals surface area contributed by atoms with Gasteiger partial charge in [-0.2, -0.15) is 5.10 Å². The molecule has 4 rings (SSSR count). The van der Waals surface area contributed by atoms with E-state index in [0.717, 1.165) is 34.6 Å². The fraction of sp³-hybridized carbons (Fsp3) is 0.238. The van der Waals surface area contributed by atoms with Gasteiger partial charge in [-0.1, -0.05) is 17.8 Å². The van der Waals surface area contributed by atoms with Crippen molar-refractivity contribution in [2.45, 2.75) is 20.4 Å². The molecule has 0 atom stereocenters. The lowest BCUT2D eigenvalue weighted by molar-refractivity contribution is 0.415. The quantitative estimate of drug-likeness (QED) is 0.647. The lowest BCUT2D eigenvalue weighted by Crippen LogP contribution is -2.25. The molecule has 1 N–H and O–H groups in total. The van der Waals surface area contributed by atoms with E-state index < -0.39 is 0 Å². The van der Waals surface area contributed by atoms with Gasteiger partial charge in [-0.25, -0.2) is 4.99 Å². The summed E-state index contributed by atoms with van der Waals surface area (Å²) in [5, 5.41) is 7.53. The van der Waals surface area contributed by atoms with Gasteiger partial charge in [0.05, 0.1) is 25.1 Å². The van der Waals surface area contributed by atoms with Crippen LogP contribution in [0.25, 0.3) is 0 Å². The molecule has 5 nitrogen and oxygen atoms in total. The van der Waals surface area contributed by atoms with Gasteiger partial charge in [-0.3, -0.25) is 5.43 Å². The highest BCUT2D eigenvalue weighted by molar-refractivity contribution is 8.14. The molecule has 0 saturated heterocycles. The molecule has 0 aliphatic carbocycles. The monoisotopic (exact) mass is 410 g/mol. The number of benzene rings is 1. The summed E-state index contributed by atoms with van der Waals surface area (Å²) in [6.45, 7) is 5.24. The van der Waals surface area contributed by atoms with Crippen molar-refractivity contribution in [2.24, 2.45) is 10.1 Å². The molecular weight excluding hydrogens is 388 g/mol. The number of thioether (sulfide) groups is 1. The minimum absolute atomic E-state index is 0.797. The summed E-state index contributed by atoms with van der Waals surface area (Å²) in [5.41, 5.74) is 8.76. The molecule has 2 aromatic heterocycles. The van der Waals surface area contributed by atoms with Crippen LogP contribution >= 0.6 is 23.1 Å². The van der Waals surface area contributed by atoms with Gasteiger partial charge in [0.2, 0.25) is 0 Å². The van der Waals surface area contributed by atoms with Crippen molar-refractivity contribution in [2.75, 3.05) is 12.9 Å².